The number of halogens is 5. The highest BCUT2D eigenvalue weighted by molar-refractivity contribution is 9.10. The second-order valence-electron chi connectivity index (χ2n) is 2.78. The molecule has 0 aliphatic carbocycles. The Bertz CT molecular complexity index is 526. The molecule has 0 atom stereocenters. The van der Waals surface area contributed by atoms with E-state index in [4.69, 9.17) is 0 Å². The quantitative estimate of drug-likeness (QED) is 0.806. The maximum absolute atomic E-state index is 13.3. The summed E-state index contributed by atoms with van der Waals surface area (Å²) >= 11 is 2.49. The fourth-order valence-corrected chi connectivity index (χ4v) is 2.15. The molecule has 3 nitrogen and oxygen atoms in total. The number of sulfonamides is 1. The van der Waals surface area contributed by atoms with Gasteiger partial charge in [-0.3, -0.25) is 0 Å². The fraction of sp³-hybridized carbons (Fsp3) is 0.143. The van der Waals surface area contributed by atoms with Crippen LogP contribution in [0, 0.1) is 5.82 Å². The van der Waals surface area contributed by atoms with Crippen LogP contribution < -0.4 is 5.14 Å². The molecule has 0 aliphatic heterocycles. The van der Waals surface area contributed by atoms with Gasteiger partial charge in [-0.05, 0) is 12.1 Å². The first-order chi connectivity index (χ1) is 7.05. The van der Waals surface area contributed by atoms with Gasteiger partial charge in [0.05, 0.1) is 0 Å². The van der Waals surface area contributed by atoms with Crippen molar-refractivity contribution in [3.05, 3.63) is 28.0 Å². The third-order valence-corrected chi connectivity index (χ3v) is 3.23. The summed E-state index contributed by atoms with van der Waals surface area (Å²) in [4.78, 5) is -1.19. The summed E-state index contributed by atoms with van der Waals surface area (Å²) in [6, 6.07) is 1.43. The first-order valence-electron chi connectivity index (χ1n) is 3.63. The zero-order chi connectivity index (χ0) is 12.7. The highest BCUT2D eigenvalue weighted by atomic mass is 79.9. The third-order valence-electron chi connectivity index (χ3n) is 1.65. The minimum absolute atomic E-state index is 0.593. The van der Waals surface area contributed by atoms with Crippen molar-refractivity contribution in [3.63, 3.8) is 0 Å². The molecule has 9 heteroatoms. The largest absolute Gasteiger partial charge is 0.420 e. The van der Waals surface area contributed by atoms with E-state index < -0.39 is 36.9 Å². The molecule has 1 aromatic carbocycles. The number of benzene rings is 1. The highest BCUT2D eigenvalue weighted by Gasteiger charge is 2.38. The molecule has 1 rings (SSSR count). The molecule has 0 heterocycles. The first-order valence-corrected chi connectivity index (χ1v) is 5.97. The number of alkyl halides is 3. The van der Waals surface area contributed by atoms with Gasteiger partial charge >= 0.3 is 6.18 Å². The Morgan fingerprint density at radius 3 is 2.12 bits per heavy atom. The molecule has 2 N–H and O–H groups in total. The van der Waals surface area contributed by atoms with Gasteiger partial charge in [-0.25, -0.2) is 17.9 Å². The van der Waals surface area contributed by atoms with Gasteiger partial charge < -0.3 is 0 Å². The van der Waals surface area contributed by atoms with E-state index in [2.05, 4.69) is 21.1 Å². The van der Waals surface area contributed by atoms with Crippen LogP contribution in [0.25, 0.3) is 0 Å². The van der Waals surface area contributed by atoms with Crippen molar-refractivity contribution in [2.24, 2.45) is 5.14 Å². The van der Waals surface area contributed by atoms with Crippen molar-refractivity contribution in [2.45, 2.75) is 11.1 Å². The maximum Gasteiger partial charge on any atom is 0.420 e. The van der Waals surface area contributed by atoms with Crippen LogP contribution in [0.15, 0.2) is 21.5 Å². The average Bonchev–Trinajstić information content (AvgIpc) is 1.97. The van der Waals surface area contributed by atoms with E-state index in [0.29, 0.717) is 6.07 Å². The van der Waals surface area contributed by atoms with Crippen molar-refractivity contribution in [2.75, 3.05) is 0 Å². The number of rotatable bonds is 1. The second kappa shape index (κ2) is 3.97. The minimum Gasteiger partial charge on any atom is -0.225 e. The van der Waals surface area contributed by atoms with Gasteiger partial charge in [-0.15, -0.1) is 0 Å². The van der Waals surface area contributed by atoms with E-state index in [1.807, 2.05) is 0 Å². The molecule has 16 heavy (non-hydrogen) atoms. The van der Waals surface area contributed by atoms with Gasteiger partial charge in [-0.1, -0.05) is 15.9 Å². The summed E-state index contributed by atoms with van der Waals surface area (Å²) in [5.74, 6) is -1.91. The predicted molar refractivity (Wildman–Crippen MR) is 50.5 cm³/mol. The van der Waals surface area contributed by atoms with E-state index in [9.17, 15) is 26.0 Å². The molecule has 0 saturated heterocycles. The molecule has 0 aliphatic rings. The van der Waals surface area contributed by atoms with Crippen molar-refractivity contribution in [3.8, 4) is 0 Å². The smallest absolute Gasteiger partial charge is 0.225 e. The lowest BCUT2D eigenvalue weighted by Gasteiger charge is -2.12. The number of hydrogen-bond donors (Lipinski definition) is 1. The van der Waals surface area contributed by atoms with E-state index in [1.54, 1.807) is 0 Å². The predicted octanol–water partition coefficient (Wildman–Crippen LogP) is 2.25. The highest BCUT2D eigenvalue weighted by Crippen LogP contribution is 2.38. The summed E-state index contributed by atoms with van der Waals surface area (Å²) in [7, 11) is -4.53. The number of hydrogen-bond acceptors (Lipinski definition) is 2. The Balaban J connectivity index is 3.65. The summed E-state index contributed by atoms with van der Waals surface area (Å²) in [6.07, 6.45) is -5.01. The monoisotopic (exact) mass is 321 g/mol. The van der Waals surface area contributed by atoms with Crippen LogP contribution in [0.4, 0.5) is 17.6 Å². The Hall–Kier alpha value is -0.670. The molecule has 0 radical (unpaired) electrons. The summed E-state index contributed by atoms with van der Waals surface area (Å²) in [5, 5.41) is 4.57. The normalized spacial score (nSPS) is 12.9. The third kappa shape index (κ3) is 2.53. The van der Waals surface area contributed by atoms with Gasteiger partial charge in [0, 0.05) is 4.47 Å². The minimum atomic E-state index is -5.01. The van der Waals surface area contributed by atoms with Crippen LogP contribution in [0.3, 0.4) is 0 Å². The fourth-order valence-electron chi connectivity index (χ4n) is 1.01. The lowest BCUT2D eigenvalue weighted by molar-refractivity contribution is -0.140. The van der Waals surface area contributed by atoms with Gasteiger partial charge in [0.2, 0.25) is 10.0 Å². The summed E-state index contributed by atoms with van der Waals surface area (Å²) < 4.78 is 71.4. The summed E-state index contributed by atoms with van der Waals surface area (Å²) in [6.45, 7) is 0. The lowest BCUT2D eigenvalue weighted by Crippen LogP contribution is -2.18. The maximum atomic E-state index is 13.3. The Morgan fingerprint density at radius 2 is 1.75 bits per heavy atom. The van der Waals surface area contributed by atoms with Crippen molar-refractivity contribution in [1.82, 2.24) is 0 Å². The second-order valence-corrected chi connectivity index (χ2v) is 5.16. The van der Waals surface area contributed by atoms with E-state index in [0.717, 1.165) is 6.07 Å². The average molecular weight is 322 g/mol. The van der Waals surface area contributed by atoms with Crippen molar-refractivity contribution < 1.29 is 26.0 Å². The Labute approximate surface area is 96.4 Å². The molecule has 1 aromatic rings. The Morgan fingerprint density at radius 1 is 1.25 bits per heavy atom. The molecular formula is C7H4BrF4NO2S. The van der Waals surface area contributed by atoms with E-state index in [1.165, 1.54) is 0 Å². The van der Waals surface area contributed by atoms with Gasteiger partial charge in [0.1, 0.15) is 10.5 Å². The lowest BCUT2D eigenvalue weighted by atomic mass is 10.2. The van der Waals surface area contributed by atoms with Crippen LogP contribution in [0.1, 0.15) is 5.56 Å². The molecule has 0 aromatic heterocycles. The first kappa shape index (κ1) is 13.4. The van der Waals surface area contributed by atoms with Crippen LogP contribution in [-0.2, 0) is 16.2 Å². The Kier molecular flexibility index (Phi) is 3.32. The zero-order valence-corrected chi connectivity index (χ0v) is 9.75. The molecule has 0 fully saturated rings. The van der Waals surface area contributed by atoms with E-state index in [-0.39, 0.29) is 0 Å². The zero-order valence-electron chi connectivity index (χ0n) is 7.35. The van der Waals surface area contributed by atoms with Gasteiger partial charge in [0.15, 0.2) is 5.82 Å². The SMILES string of the molecule is NS(=O)(=O)c1ccc(Br)c(C(F)(F)F)c1F. The standard InChI is InChI=1S/C7H4BrF4NO2S/c8-3-1-2-4(16(13,14)15)6(9)5(3)7(10,11)12/h1-2H,(H2,13,14,15). The van der Waals surface area contributed by atoms with Gasteiger partial charge in [0.25, 0.3) is 0 Å². The number of primary sulfonamides is 1. The molecule has 0 spiro atoms. The number of nitrogens with two attached hydrogens (primary N) is 1. The van der Waals surface area contributed by atoms with Crippen LogP contribution >= 0.6 is 15.9 Å². The van der Waals surface area contributed by atoms with Crippen molar-refractivity contribution in [1.29, 1.82) is 0 Å². The molecule has 90 valence electrons. The van der Waals surface area contributed by atoms with Crippen molar-refractivity contribution >= 4 is 26.0 Å². The molecular weight excluding hydrogens is 318 g/mol. The molecule has 0 unspecified atom stereocenters. The van der Waals surface area contributed by atoms with Gasteiger partial charge in [-0.2, -0.15) is 13.2 Å². The van der Waals surface area contributed by atoms with E-state index >= 15 is 0 Å². The summed E-state index contributed by atoms with van der Waals surface area (Å²) in [5.41, 5.74) is -1.70. The molecule has 0 saturated carbocycles. The molecule has 0 amide bonds. The molecule has 0 bridgehead atoms. The van der Waals surface area contributed by atoms with Crippen LogP contribution in [0.2, 0.25) is 0 Å². The van der Waals surface area contributed by atoms with Crippen LogP contribution in [0.5, 0.6) is 0 Å². The topological polar surface area (TPSA) is 60.2 Å². The van der Waals surface area contributed by atoms with Crippen LogP contribution in [-0.4, -0.2) is 8.42 Å².